The number of carbonyl (C=O) groups is 1. The third kappa shape index (κ3) is 5.35. The van der Waals surface area contributed by atoms with E-state index in [1.807, 2.05) is 20.8 Å². The summed E-state index contributed by atoms with van der Waals surface area (Å²) in [5.41, 5.74) is 0.394. The number of halogens is 1. The number of aryl methyl sites for hydroxylation is 1. The van der Waals surface area contributed by atoms with Crippen molar-refractivity contribution in [1.29, 1.82) is 0 Å². The van der Waals surface area contributed by atoms with Crippen LogP contribution in [0.5, 0.6) is 5.88 Å². The highest BCUT2D eigenvalue weighted by molar-refractivity contribution is 6.32. The van der Waals surface area contributed by atoms with Gasteiger partial charge in [0, 0.05) is 24.4 Å². The van der Waals surface area contributed by atoms with E-state index in [4.69, 9.17) is 21.1 Å². The Balaban J connectivity index is 1.80. The lowest BCUT2D eigenvalue weighted by Gasteiger charge is -2.45. The Kier molecular flexibility index (Phi) is 5.98. The highest BCUT2D eigenvalue weighted by Crippen LogP contribution is 2.35. The molecule has 29 heavy (non-hydrogen) atoms. The standard InChI is InChI=1S/C21H27ClN4O3/c1-13(2)9-21(11-20(4,5)29-19(27)26-21)12-28-18-16(22)8-15(10-24-18)17-6-7-23-14(3)25-17/h6-8,10,13H,9,11-12H2,1-5H3,(H,26,27)/t21-/m1/s1. The largest absolute Gasteiger partial charge is 0.474 e. The third-order valence-electron chi connectivity index (χ3n) is 4.66. The molecule has 0 spiro atoms. The molecule has 1 N–H and O–H groups in total. The summed E-state index contributed by atoms with van der Waals surface area (Å²) in [4.78, 5) is 25.0. The van der Waals surface area contributed by atoms with Crippen molar-refractivity contribution >= 4 is 17.7 Å². The van der Waals surface area contributed by atoms with Gasteiger partial charge in [-0.25, -0.2) is 19.7 Å². The van der Waals surface area contributed by atoms with Crippen molar-refractivity contribution in [1.82, 2.24) is 20.3 Å². The van der Waals surface area contributed by atoms with Crippen LogP contribution in [0.4, 0.5) is 4.79 Å². The van der Waals surface area contributed by atoms with Crippen molar-refractivity contribution in [3.8, 4) is 17.1 Å². The van der Waals surface area contributed by atoms with Gasteiger partial charge >= 0.3 is 6.09 Å². The number of nitrogens with one attached hydrogen (secondary N) is 1. The quantitative estimate of drug-likeness (QED) is 0.739. The van der Waals surface area contributed by atoms with Crippen LogP contribution in [0.25, 0.3) is 11.3 Å². The SMILES string of the molecule is Cc1nccc(-c2cnc(OC[C@@]3(CC(C)C)CC(C)(C)OC(=O)N3)c(Cl)c2)n1. The Morgan fingerprint density at radius 1 is 1.34 bits per heavy atom. The van der Waals surface area contributed by atoms with E-state index in [9.17, 15) is 4.79 Å². The number of ether oxygens (including phenoxy) is 2. The molecule has 0 radical (unpaired) electrons. The monoisotopic (exact) mass is 418 g/mol. The van der Waals surface area contributed by atoms with E-state index in [-0.39, 0.29) is 6.61 Å². The fraction of sp³-hybridized carbons (Fsp3) is 0.524. The van der Waals surface area contributed by atoms with E-state index in [0.717, 1.165) is 17.7 Å². The minimum absolute atomic E-state index is 0.252. The van der Waals surface area contributed by atoms with Crippen molar-refractivity contribution < 1.29 is 14.3 Å². The van der Waals surface area contributed by atoms with Crippen LogP contribution in [0.15, 0.2) is 24.5 Å². The number of cyclic esters (lactones) is 1. The summed E-state index contributed by atoms with van der Waals surface area (Å²) in [6.45, 7) is 10.1. The molecule has 1 fully saturated rings. The molecule has 7 nitrogen and oxygen atoms in total. The first kappa shape index (κ1) is 21.3. The van der Waals surface area contributed by atoms with Crippen LogP contribution in [0, 0.1) is 12.8 Å². The van der Waals surface area contributed by atoms with Gasteiger partial charge in [-0.15, -0.1) is 0 Å². The van der Waals surface area contributed by atoms with Crippen molar-refractivity contribution in [3.63, 3.8) is 0 Å². The molecule has 0 bridgehead atoms. The second kappa shape index (κ2) is 8.14. The van der Waals surface area contributed by atoms with Gasteiger partial charge in [-0.1, -0.05) is 25.4 Å². The van der Waals surface area contributed by atoms with E-state index in [1.165, 1.54) is 0 Å². The van der Waals surface area contributed by atoms with E-state index in [1.54, 1.807) is 24.5 Å². The second-order valence-electron chi connectivity index (χ2n) is 8.62. The Labute approximate surface area is 176 Å². The van der Waals surface area contributed by atoms with Gasteiger partial charge in [0.05, 0.1) is 11.2 Å². The number of nitrogens with zero attached hydrogens (tertiary/aromatic N) is 3. The minimum Gasteiger partial charge on any atom is -0.474 e. The van der Waals surface area contributed by atoms with E-state index >= 15 is 0 Å². The van der Waals surface area contributed by atoms with Crippen LogP contribution < -0.4 is 10.1 Å². The number of hydrogen-bond acceptors (Lipinski definition) is 6. The summed E-state index contributed by atoms with van der Waals surface area (Å²) in [6, 6.07) is 3.57. The van der Waals surface area contributed by atoms with Gasteiger partial charge in [-0.3, -0.25) is 0 Å². The summed E-state index contributed by atoms with van der Waals surface area (Å²) >= 11 is 6.43. The third-order valence-corrected chi connectivity index (χ3v) is 4.93. The zero-order chi connectivity index (χ0) is 21.2. The molecular formula is C21H27ClN4O3. The van der Waals surface area contributed by atoms with Gasteiger partial charge in [-0.2, -0.15) is 0 Å². The van der Waals surface area contributed by atoms with Crippen LogP contribution in [0.1, 0.15) is 46.4 Å². The van der Waals surface area contributed by atoms with Crippen molar-refractivity contribution in [2.24, 2.45) is 5.92 Å². The molecule has 1 aliphatic rings. The number of carbonyl (C=O) groups excluding carboxylic acids is 1. The van der Waals surface area contributed by atoms with Crippen molar-refractivity contribution in [2.45, 2.75) is 58.6 Å². The van der Waals surface area contributed by atoms with Crippen LogP contribution >= 0.6 is 11.6 Å². The lowest BCUT2D eigenvalue weighted by molar-refractivity contribution is -0.0406. The first-order chi connectivity index (χ1) is 13.6. The van der Waals surface area contributed by atoms with Crippen molar-refractivity contribution in [3.05, 3.63) is 35.4 Å². The van der Waals surface area contributed by atoms with E-state index in [2.05, 4.69) is 34.1 Å². The lowest BCUT2D eigenvalue weighted by atomic mass is 9.79. The maximum Gasteiger partial charge on any atom is 0.408 e. The topological polar surface area (TPSA) is 86.2 Å². The molecule has 2 aromatic rings. The van der Waals surface area contributed by atoms with Crippen LogP contribution in [-0.4, -0.2) is 38.8 Å². The summed E-state index contributed by atoms with van der Waals surface area (Å²) in [6.07, 6.45) is 4.31. The smallest absolute Gasteiger partial charge is 0.408 e. The summed E-state index contributed by atoms with van der Waals surface area (Å²) in [5.74, 6) is 1.36. The molecule has 1 saturated heterocycles. The fourth-order valence-electron chi connectivity index (χ4n) is 3.93. The normalized spacial score (nSPS) is 20.9. The lowest BCUT2D eigenvalue weighted by Crippen LogP contribution is -2.62. The zero-order valence-corrected chi connectivity index (χ0v) is 18.2. The Hall–Kier alpha value is -2.41. The molecular weight excluding hydrogens is 392 g/mol. The Morgan fingerprint density at radius 2 is 2.10 bits per heavy atom. The number of amides is 1. The Bertz CT molecular complexity index is 903. The minimum atomic E-state index is -0.577. The highest BCUT2D eigenvalue weighted by atomic mass is 35.5. The molecule has 2 aromatic heterocycles. The summed E-state index contributed by atoms with van der Waals surface area (Å²) < 4.78 is 11.4. The maximum atomic E-state index is 12.1. The van der Waals surface area contributed by atoms with Crippen LogP contribution in [0.3, 0.4) is 0 Å². The maximum absolute atomic E-state index is 12.1. The van der Waals surface area contributed by atoms with Crippen molar-refractivity contribution in [2.75, 3.05) is 6.61 Å². The van der Waals surface area contributed by atoms with Crippen LogP contribution in [-0.2, 0) is 4.74 Å². The summed E-state index contributed by atoms with van der Waals surface area (Å²) in [5, 5.41) is 3.36. The molecule has 0 aromatic carbocycles. The predicted molar refractivity (Wildman–Crippen MR) is 111 cm³/mol. The van der Waals surface area contributed by atoms with Gasteiger partial charge in [-0.05, 0) is 45.2 Å². The number of aromatic nitrogens is 3. The molecule has 1 atom stereocenters. The fourth-order valence-corrected chi connectivity index (χ4v) is 4.15. The van der Waals surface area contributed by atoms with Gasteiger partial charge in [0.25, 0.3) is 0 Å². The molecule has 0 unspecified atom stereocenters. The summed E-state index contributed by atoms with van der Waals surface area (Å²) in [7, 11) is 0. The molecule has 156 valence electrons. The second-order valence-corrected chi connectivity index (χ2v) is 9.03. The van der Waals surface area contributed by atoms with Gasteiger partial charge in [0.1, 0.15) is 23.1 Å². The van der Waals surface area contributed by atoms with Gasteiger partial charge < -0.3 is 14.8 Å². The predicted octanol–water partition coefficient (Wildman–Crippen LogP) is 4.57. The van der Waals surface area contributed by atoms with E-state index in [0.29, 0.717) is 29.1 Å². The van der Waals surface area contributed by atoms with Gasteiger partial charge in [0.2, 0.25) is 5.88 Å². The average molecular weight is 419 g/mol. The molecule has 3 rings (SSSR count). The van der Waals surface area contributed by atoms with Crippen LogP contribution in [0.2, 0.25) is 5.02 Å². The number of pyridine rings is 1. The Morgan fingerprint density at radius 3 is 2.72 bits per heavy atom. The molecule has 8 heteroatoms. The first-order valence-electron chi connectivity index (χ1n) is 9.67. The number of rotatable bonds is 6. The highest BCUT2D eigenvalue weighted by Gasteiger charge is 2.45. The number of alkyl carbamates (subject to hydrolysis) is 1. The van der Waals surface area contributed by atoms with E-state index < -0.39 is 17.2 Å². The molecule has 1 aliphatic heterocycles. The number of hydrogen-bond donors (Lipinski definition) is 1. The molecule has 1 amide bonds. The molecule has 0 aliphatic carbocycles. The zero-order valence-electron chi connectivity index (χ0n) is 17.5. The first-order valence-corrected chi connectivity index (χ1v) is 10.0. The molecule has 0 saturated carbocycles. The average Bonchev–Trinajstić information content (AvgIpc) is 2.58. The molecule has 3 heterocycles. The van der Waals surface area contributed by atoms with Gasteiger partial charge in [0.15, 0.2) is 0 Å².